The van der Waals surface area contributed by atoms with Gasteiger partial charge in [-0.1, -0.05) is 18.5 Å². The van der Waals surface area contributed by atoms with Crippen LogP contribution in [0.2, 0.25) is 5.02 Å². The fraction of sp³-hybridized carbons (Fsp3) is 0.600. The lowest BCUT2D eigenvalue weighted by Gasteiger charge is -2.35. The van der Waals surface area contributed by atoms with Gasteiger partial charge in [0.15, 0.2) is 11.6 Å². The fourth-order valence-electron chi connectivity index (χ4n) is 2.75. The number of benzene rings is 1. The highest BCUT2D eigenvalue weighted by Gasteiger charge is 2.23. The van der Waals surface area contributed by atoms with Crippen molar-refractivity contribution in [1.82, 2.24) is 10.2 Å². The van der Waals surface area contributed by atoms with Gasteiger partial charge in [-0.25, -0.2) is 4.39 Å². The fourth-order valence-corrected chi connectivity index (χ4v) is 3.02. The number of rotatable bonds is 5. The first-order chi connectivity index (χ1) is 9.67. The Bertz CT molecular complexity index is 433. The molecular weight excluding hydrogens is 350 g/mol. The third-order valence-corrected chi connectivity index (χ3v) is 3.95. The van der Waals surface area contributed by atoms with Gasteiger partial charge in [0, 0.05) is 32.2 Å². The van der Waals surface area contributed by atoms with Crippen LogP contribution in [0.25, 0.3) is 0 Å². The van der Waals surface area contributed by atoms with Gasteiger partial charge in [-0.3, -0.25) is 4.90 Å². The molecule has 22 heavy (non-hydrogen) atoms. The first-order valence-corrected chi connectivity index (χ1v) is 7.61. The average Bonchev–Trinajstić information content (AvgIpc) is 2.45. The summed E-state index contributed by atoms with van der Waals surface area (Å²) in [6.07, 6.45) is 0.934. The quantitative estimate of drug-likeness (QED) is 0.841. The maximum atomic E-state index is 14.1. The normalized spacial score (nSPS) is 16.4. The molecule has 128 valence electrons. The number of nitrogens with one attached hydrogen (secondary N) is 1. The van der Waals surface area contributed by atoms with E-state index in [1.54, 1.807) is 6.07 Å². The maximum Gasteiger partial charge on any atom is 0.173 e. The van der Waals surface area contributed by atoms with E-state index in [4.69, 9.17) is 16.3 Å². The average molecular weight is 374 g/mol. The van der Waals surface area contributed by atoms with Gasteiger partial charge in [0.05, 0.1) is 11.6 Å². The molecule has 0 radical (unpaired) electrons. The highest BCUT2D eigenvalue weighted by Crippen LogP contribution is 2.34. The molecule has 0 bridgehead atoms. The van der Waals surface area contributed by atoms with Gasteiger partial charge in [-0.15, -0.1) is 24.8 Å². The lowest BCUT2D eigenvalue weighted by Crippen LogP contribution is -2.45. The van der Waals surface area contributed by atoms with Gasteiger partial charge in [0.1, 0.15) is 0 Å². The summed E-state index contributed by atoms with van der Waals surface area (Å²) in [6, 6.07) is 3.61. The minimum atomic E-state index is -0.372. The number of piperazine rings is 1. The maximum absolute atomic E-state index is 14.1. The van der Waals surface area contributed by atoms with Crippen LogP contribution in [0.15, 0.2) is 12.1 Å². The minimum Gasteiger partial charge on any atom is -0.489 e. The zero-order valence-corrected chi connectivity index (χ0v) is 15.3. The molecule has 0 amide bonds. The zero-order chi connectivity index (χ0) is 14.5. The summed E-state index contributed by atoms with van der Waals surface area (Å²) in [4.78, 5) is 2.38. The van der Waals surface area contributed by atoms with Crippen molar-refractivity contribution < 1.29 is 9.13 Å². The lowest BCUT2D eigenvalue weighted by molar-refractivity contribution is 0.169. The Hall–Kier alpha value is -0.260. The topological polar surface area (TPSA) is 24.5 Å². The number of halogens is 4. The van der Waals surface area contributed by atoms with Gasteiger partial charge in [-0.2, -0.15) is 0 Å². The molecule has 7 heteroatoms. The molecule has 1 atom stereocenters. The molecule has 0 saturated carbocycles. The largest absolute Gasteiger partial charge is 0.489 e. The van der Waals surface area contributed by atoms with E-state index in [-0.39, 0.29) is 42.4 Å². The van der Waals surface area contributed by atoms with Crippen molar-refractivity contribution in [2.24, 2.45) is 0 Å². The van der Waals surface area contributed by atoms with Crippen molar-refractivity contribution in [2.75, 3.05) is 32.8 Å². The molecule has 1 aromatic carbocycles. The Morgan fingerprint density at radius 2 is 1.91 bits per heavy atom. The summed E-state index contributed by atoms with van der Waals surface area (Å²) in [7, 11) is 0. The van der Waals surface area contributed by atoms with Crippen LogP contribution in [0.3, 0.4) is 0 Å². The lowest BCUT2D eigenvalue weighted by atomic mass is 10.0. The van der Waals surface area contributed by atoms with E-state index in [9.17, 15) is 4.39 Å². The third-order valence-electron chi connectivity index (χ3n) is 3.67. The molecule has 1 N–H and O–H groups in total. The second-order valence-corrected chi connectivity index (χ2v) is 5.36. The predicted octanol–water partition coefficient (Wildman–Crippen LogP) is 4.08. The van der Waals surface area contributed by atoms with Gasteiger partial charge in [-0.05, 0) is 31.0 Å². The van der Waals surface area contributed by atoms with E-state index in [1.807, 2.05) is 13.0 Å². The van der Waals surface area contributed by atoms with Crippen molar-refractivity contribution in [2.45, 2.75) is 26.3 Å². The number of hydrogen-bond donors (Lipinski definition) is 1. The second kappa shape index (κ2) is 10.5. The first-order valence-electron chi connectivity index (χ1n) is 7.23. The number of hydrogen-bond acceptors (Lipinski definition) is 3. The summed E-state index contributed by atoms with van der Waals surface area (Å²) in [5, 5.41) is 3.69. The van der Waals surface area contributed by atoms with Crippen LogP contribution in [0.5, 0.6) is 5.75 Å². The molecule has 1 aliphatic heterocycles. The van der Waals surface area contributed by atoms with Crippen LogP contribution in [0.4, 0.5) is 4.39 Å². The molecule has 0 aliphatic carbocycles. The summed E-state index contributed by atoms with van der Waals surface area (Å²) in [5.74, 6) is -0.212. The molecule has 1 aromatic rings. The van der Waals surface area contributed by atoms with Gasteiger partial charge >= 0.3 is 0 Å². The first kappa shape index (κ1) is 21.7. The van der Waals surface area contributed by atoms with E-state index < -0.39 is 0 Å². The predicted molar refractivity (Wildman–Crippen MR) is 94.5 cm³/mol. The Balaban J connectivity index is 0.00000220. The van der Waals surface area contributed by atoms with E-state index >= 15 is 0 Å². The van der Waals surface area contributed by atoms with Crippen LogP contribution < -0.4 is 10.1 Å². The Morgan fingerprint density at radius 3 is 2.41 bits per heavy atom. The van der Waals surface area contributed by atoms with E-state index in [1.165, 1.54) is 0 Å². The Kier molecular flexibility index (Phi) is 10.4. The minimum absolute atomic E-state index is 0. The van der Waals surface area contributed by atoms with Gasteiger partial charge in [0.2, 0.25) is 0 Å². The molecule has 1 heterocycles. The van der Waals surface area contributed by atoms with Crippen LogP contribution in [-0.2, 0) is 0 Å². The Labute approximate surface area is 149 Å². The summed E-state index contributed by atoms with van der Waals surface area (Å²) in [6.45, 7) is 8.25. The molecular formula is C15H24Cl3FN2O. The van der Waals surface area contributed by atoms with Gasteiger partial charge < -0.3 is 10.1 Å². The molecule has 1 aliphatic rings. The third kappa shape index (κ3) is 5.14. The SMILES string of the molecule is CCOc1c(F)cc([C@@H](CC)N2CCNCC2)cc1Cl.Cl.Cl. The van der Waals surface area contributed by atoms with E-state index in [0.717, 1.165) is 38.2 Å². The number of ether oxygens (including phenoxy) is 1. The second-order valence-electron chi connectivity index (χ2n) is 4.96. The smallest absolute Gasteiger partial charge is 0.173 e. The van der Waals surface area contributed by atoms with E-state index in [2.05, 4.69) is 17.1 Å². The van der Waals surface area contributed by atoms with E-state index in [0.29, 0.717) is 11.6 Å². The van der Waals surface area contributed by atoms with Gasteiger partial charge in [0.25, 0.3) is 0 Å². The summed E-state index contributed by atoms with van der Waals surface area (Å²) in [5.41, 5.74) is 0.931. The molecule has 0 spiro atoms. The van der Waals surface area contributed by atoms with Crippen molar-refractivity contribution in [3.63, 3.8) is 0 Å². The highest BCUT2D eigenvalue weighted by atomic mass is 35.5. The molecule has 2 rings (SSSR count). The molecule has 1 saturated heterocycles. The van der Waals surface area contributed by atoms with Crippen LogP contribution in [0, 0.1) is 5.82 Å². The molecule has 1 fully saturated rings. The van der Waals surface area contributed by atoms with Crippen LogP contribution in [0.1, 0.15) is 31.9 Å². The number of nitrogens with zero attached hydrogens (tertiary/aromatic N) is 1. The van der Waals surface area contributed by atoms with Crippen LogP contribution >= 0.6 is 36.4 Å². The molecule has 0 aromatic heterocycles. The monoisotopic (exact) mass is 372 g/mol. The summed E-state index contributed by atoms with van der Waals surface area (Å²) >= 11 is 6.16. The van der Waals surface area contributed by atoms with Crippen molar-refractivity contribution in [1.29, 1.82) is 0 Å². The standard InChI is InChI=1S/C15H22ClFN2O.2ClH/c1-3-14(19-7-5-18-6-8-19)11-9-12(16)15(20-4-2)13(17)10-11;;/h9-10,14,18H,3-8H2,1-2H3;2*1H/t14-;;/m1../s1. The highest BCUT2D eigenvalue weighted by molar-refractivity contribution is 6.32. The Morgan fingerprint density at radius 1 is 1.27 bits per heavy atom. The molecule has 3 nitrogen and oxygen atoms in total. The van der Waals surface area contributed by atoms with Crippen molar-refractivity contribution >= 4 is 36.4 Å². The molecule has 0 unspecified atom stereocenters. The van der Waals surface area contributed by atoms with Crippen LogP contribution in [-0.4, -0.2) is 37.7 Å². The van der Waals surface area contributed by atoms with Crippen molar-refractivity contribution in [3.05, 3.63) is 28.5 Å². The van der Waals surface area contributed by atoms with Crippen molar-refractivity contribution in [3.8, 4) is 5.75 Å². The zero-order valence-electron chi connectivity index (χ0n) is 12.9. The summed E-state index contributed by atoms with van der Waals surface area (Å²) < 4.78 is 19.4.